The lowest BCUT2D eigenvalue weighted by molar-refractivity contribution is 0.528. The molecule has 0 aliphatic carbocycles. The largest absolute Gasteiger partial charge is 0.398 e. The van der Waals surface area contributed by atoms with Crippen LogP contribution in [0.25, 0.3) is 0 Å². The van der Waals surface area contributed by atoms with Crippen molar-refractivity contribution in [3.8, 4) is 0 Å². The first-order valence-corrected chi connectivity index (χ1v) is 13.4. The van der Waals surface area contributed by atoms with Crippen LogP contribution in [0, 0.1) is 0 Å². The Kier molecular flexibility index (Phi) is 15.0. The van der Waals surface area contributed by atoms with Gasteiger partial charge in [0.05, 0.1) is 5.69 Å². The van der Waals surface area contributed by atoms with Gasteiger partial charge in [-0.25, -0.2) is 13.1 Å². The molecule has 0 atom stereocenters. The van der Waals surface area contributed by atoms with Crippen molar-refractivity contribution in [1.82, 2.24) is 4.72 Å². The topological polar surface area (TPSA) is 72.2 Å². The van der Waals surface area contributed by atoms with Crippen LogP contribution in [0.2, 0.25) is 0 Å². The number of nitrogens with one attached hydrogen (secondary N) is 1. The van der Waals surface area contributed by atoms with Crippen LogP contribution in [0.5, 0.6) is 0 Å². The molecule has 0 aliphatic heterocycles. The first-order valence-electron chi connectivity index (χ1n) is 11.9. The third kappa shape index (κ3) is 13.0. The minimum Gasteiger partial charge on any atom is -0.398 e. The van der Waals surface area contributed by atoms with Gasteiger partial charge in [-0.15, -0.1) is 0 Å². The summed E-state index contributed by atoms with van der Waals surface area (Å²) >= 11 is 0. The van der Waals surface area contributed by atoms with E-state index in [-0.39, 0.29) is 4.90 Å². The lowest BCUT2D eigenvalue weighted by Crippen LogP contribution is -2.25. The summed E-state index contributed by atoms with van der Waals surface area (Å²) in [4.78, 5) is 0.177. The molecule has 0 unspecified atom stereocenters. The van der Waals surface area contributed by atoms with Gasteiger partial charge < -0.3 is 5.73 Å². The molecule has 168 valence electrons. The number of nitrogen functional groups attached to an aromatic ring is 1. The Bertz CT molecular complexity index is 617. The molecule has 0 saturated carbocycles. The van der Waals surface area contributed by atoms with Crippen LogP contribution < -0.4 is 10.5 Å². The molecule has 1 rings (SSSR count). The molecule has 4 nitrogen and oxygen atoms in total. The lowest BCUT2D eigenvalue weighted by Gasteiger charge is -2.08. The van der Waals surface area contributed by atoms with Crippen molar-refractivity contribution >= 4 is 15.7 Å². The maximum absolute atomic E-state index is 12.2. The van der Waals surface area contributed by atoms with E-state index in [2.05, 4.69) is 11.6 Å². The summed E-state index contributed by atoms with van der Waals surface area (Å²) < 4.78 is 27.1. The molecule has 0 bridgehead atoms. The molecule has 0 aliphatic rings. The van der Waals surface area contributed by atoms with Crippen LogP contribution in [-0.4, -0.2) is 15.0 Å². The Morgan fingerprint density at radius 1 is 0.690 bits per heavy atom. The van der Waals surface area contributed by atoms with Gasteiger partial charge in [0.1, 0.15) is 4.90 Å². The van der Waals surface area contributed by atoms with Crippen LogP contribution >= 0.6 is 0 Å². The van der Waals surface area contributed by atoms with Crippen molar-refractivity contribution in [2.75, 3.05) is 12.3 Å². The minimum absolute atomic E-state index is 0.177. The van der Waals surface area contributed by atoms with E-state index in [9.17, 15) is 8.42 Å². The van der Waals surface area contributed by atoms with Gasteiger partial charge >= 0.3 is 0 Å². The molecule has 0 saturated heterocycles. The van der Waals surface area contributed by atoms with Gasteiger partial charge in [-0.05, 0) is 18.6 Å². The van der Waals surface area contributed by atoms with Crippen LogP contribution in [0.1, 0.15) is 110 Å². The van der Waals surface area contributed by atoms with Gasteiger partial charge in [-0.3, -0.25) is 0 Å². The number of rotatable bonds is 19. The molecule has 3 N–H and O–H groups in total. The SMILES string of the molecule is CCCCCCCCCCCCCCCCCCNS(=O)(=O)c1ccccc1N. The molecule has 5 heteroatoms. The van der Waals surface area contributed by atoms with Crippen LogP contribution in [-0.2, 0) is 10.0 Å². The van der Waals surface area contributed by atoms with Crippen LogP contribution in [0.3, 0.4) is 0 Å². The quantitative estimate of drug-likeness (QED) is 0.189. The maximum atomic E-state index is 12.2. The molecule has 0 fully saturated rings. The summed E-state index contributed by atoms with van der Waals surface area (Å²) in [6.45, 7) is 2.75. The molecule has 29 heavy (non-hydrogen) atoms. The van der Waals surface area contributed by atoms with Crippen LogP contribution in [0.15, 0.2) is 29.2 Å². The fourth-order valence-corrected chi connectivity index (χ4v) is 4.89. The normalized spacial score (nSPS) is 11.8. The fourth-order valence-electron chi connectivity index (χ4n) is 3.68. The number of sulfonamides is 1. The Balaban J connectivity index is 1.87. The summed E-state index contributed by atoms with van der Waals surface area (Å²) in [7, 11) is -3.49. The first-order chi connectivity index (χ1) is 14.1. The Labute approximate surface area is 180 Å². The van der Waals surface area contributed by atoms with Gasteiger partial charge in [0.25, 0.3) is 0 Å². The minimum atomic E-state index is -3.49. The molecule has 0 spiro atoms. The maximum Gasteiger partial charge on any atom is 0.242 e. The predicted molar refractivity (Wildman–Crippen MR) is 126 cm³/mol. The average Bonchev–Trinajstić information content (AvgIpc) is 2.70. The number of unbranched alkanes of at least 4 members (excludes halogenated alkanes) is 15. The second-order valence-electron chi connectivity index (χ2n) is 8.24. The van der Waals surface area contributed by atoms with E-state index in [1.54, 1.807) is 24.3 Å². The molecule has 1 aromatic rings. The number of nitrogens with two attached hydrogens (primary N) is 1. The molecular formula is C24H44N2O2S. The Morgan fingerprint density at radius 2 is 1.10 bits per heavy atom. The van der Waals surface area contributed by atoms with E-state index in [1.165, 1.54) is 89.9 Å². The van der Waals surface area contributed by atoms with Crippen molar-refractivity contribution in [3.05, 3.63) is 24.3 Å². The smallest absolute Gasteiger partial charge is 0.242 e. The molecular weight excluding hydrogens is 380 g/mol. The zero-order valence-electron chi connectivity index (χ0n) is 18.6. The number of benzene rings is 1. The second-order valence-corrected chi connectivity index (χ2v) is 9.97. The fraction of sp³-hybridized carbons (Fsp3) is 0.750. The van der Waals surface area contributed by atoms with E-state index in [0.29, 0.717) is 12.2 Å². The van der Waals surface area contributed by atoms with Gasteiger partial charge in [0, 0.05) is 6.54 Å². The predicted octanol–water partition coefficient (Wildman–Crippen LogP) is 6.81. The van der Waals surface area contributed by atoms with Gasteiger partial charge in [-0.1, -0.05) is 115 Å². The molecule has 1 aromatic carbocycles. The molecule has 0 amide bonds. The van der Waals surface area contributed by atoms with E-state index in [4.69, 9.17) is 5.73 Å². The monoisotopic (exact) mass is 424 g/mol. The number of anilines is 1. The summed E-state index contributed by atoms with van der Waals surface area (Å²) in [6.07, 6.45) is 21.1. The highest BCUT2D eigenvalue weighted by Gasteiger charge is 2.15. The van der Waals surface area contributed by atoms with Crippen molar-refractivity contribution in [1.29, 1.82) is 0 Å². The lowest BCUT2D eigenvalue weighted by atomic mass is 10.0. The van der Waals surface area contributed by atoms with Gasteiger partial charge in [0.2, 0.25) is 10.0 Å². The van der Waals surface area contributed by atoms with Gasteiger partial charge in [0.15, 0.2) is 0 Å². The van der Waals surface area contributed by atoms with E-state index < -0.39 is 10.0 Å². The highest BCUT2D eigenvalue weighted by Crippen LogP contribution is 2.17. The standard InChI is InChI=1S/C24H44N2O2S/c1-2-3-4-5-6-7-8-9-10-11-12-13-14-15-16-19-22-26-29(27,28)24-21-18-17-20-23(24)25/h17-18,20-21,26H,2-16,19,22,25H2,1H3. The number of hydrogen-bond donors (Lipinski definition) is 2. The van der Waals surface area contributed by atoms with E-state index in [1.807, 2.05) is 0 Å². The summed E-state index contributed by atoms with van der Waals surface area (Å²) in [5.74, 6) is 0. The third-order valence-corrected chi connectivity index (χ3v) is 7.07. The second kappa shape index (κ2) is 16.7. The third-order valence-electron chi connectivity index (χ3n) is 5.53. The molecule has 0 radical (unpaired) electrons. The Morgan fingerprint density at radius 3 is 1.55 bits per heavy atom. The molecule has 0 heterocycles. The van der Waals surface area contributed by atoms with Gasteiger partial charge in [-0.2, -0.15) is 0 Å². The summed E-state index contributed by atoms with van der Waals surface area (Å²) in [5.41, 5.74) is 6.05. The molecule has 0 aromatic heterocycles. The summed E-state index contributed by atoms with van der Waals surface area (Å²) in [5, 5.41) is 0. The van der Waals surface area contributed by atoms with Crippen LogP contribution in [0.4, 0.5) is 5.69 Å². The number of para-hydroxylation sites is 1. The summed E-state index contributed by atoms with van der Waals surface area (Å²) in [6, 6.07) is 6.60. The zero-order valence-corrected chi connectivity index (χ0v) is 19.4. The number of hydrogen-bond acceptors (Lipinski definition) is 3. The first kappa shape index (κ1) is 26.0. The zero-order chi connectivity index (χ0) is 21.2. The Hall–Kier alpha value is -1.07. The van der Waals surface area contributed by atoms with E-state index >= 15 is 0 Å². The van der Waals surface area contributed by atoms with Crippen molar-refractivity contribution in [2.24, 2.45) is 0 Å². The van der Waals surface area contributed by atoms with Crippen molar-refractivity contribution in [2.45, 2.75) is 115 Å². The van der Waals surface area contributed by atoms with E-state index in [0.717, 1.165) is 12.8 Å². The highest BCUT2D eigenvalue weighted by molar-refractivity contribution is 7.89. The average molecular weight is 425 g/mol. The van der Waals surface area contributed by atoms with Crippen molar-refractivity contribution in [3.63, 3.8) is 0 Å². The van der Waals surface area contributed by atoms with Crippen molar-refractivity contribution < 1.29 is 8.42 Å². The highest BCUT2D eigenvalue weighted by atomic mass is 32.2.